The molecule has 2 aromatic rings. The smallest absolute Gasteiger partial charge is 0.272 e. The molecule has 2 amide bonds. The maximum Gasteiger partial charge on any atom is 0.272 e. The highest BCUT2D eigenvalue weighted by Gasteiger charge is 2.45. The van der Waals surface area contributed by atoms with E-state index in [0.717, 1.165) is 25.9 Å². The number of hydrogen-bond donors (Lipinski definition) is 1. The van der Waals surface area contributed by atoms with E-state index in [2.05, 4.69) is 15.3 Å². The van der Waals surface area contributed by atoms with Crippen LogP contribution in [0.25, 0.3) is 5.65 Å². The van der Waals surface area contributed by atoms with Crippen molar-refractivity contribution >= 4 is 17.5 Å². The van der Waals surface area contributed by atoms with Crippen LogP contribution in [0.3, 0.4) is 0 Å². The molecule has 1 spiro atoms. The lowest BCUT2D eigenvalue weighted by molar-refractivity contribution is -0.134. The molecule has 1 N–H and O–H groups in total. The third kappa shape index (κ3) is 2.74. The number of nitrogens with zero attached hydrogens (tertiary/aromatic N) is 4. The second kappa shape index (κ2) is 5.58. The Morgan fingerprint density at radius 2 is 2.00 bits per heavy atom. The molecule has 0 unspecified atom stereocenters. The van der Waals surface area contributed by atoms with E-state index in [9.17, 15) is 9.59 Å². The molecule has 0 bridgehead atoms. The van der Waals surface area contributed by atoms with Gasteiger partial charge in [-0.1, -0.05) is 0 Å². The predicted octanol–water partition coefficient (Wildman–Crippen LogP) is 1.25. The molecule has 2 aromatic heterocycles. The van der Waals surface area contributed by atoms with Crippen LogP contribution in [0.2, 0.25) is 0 Å². The lowest BCUT2D eigenvalue weighted by Crippen LogP contribution is -2.49. The van der Waals surface area contributed by atoms with Crippen molar-refractivity contribution < 1.29 is 9.59 Å². The number of nitrogens with one attached hydrogen (secondary N) is 1. The van der Waals surface area contributed by atoms with Gasteiger partial charge in [0.2, 0.25) is 5.91 Å². The first-order chi connectivity index (χ1) is 11.6. The van der Waals surface area contributed by atoms with Crippen LogP contribution in [0.5, 0.6) is 0 Å². The third-order valence-corrected chi connectivity index (χ3v) is 5.31. The Hall–Kier alpha value is -2.44. The molecule has 1 atom stereocenters. The Morgan fingerprint density at radius 3 is 2.67 bits per heavy atom. The average Bonchev–Trinajstić information content (AvgIpc) is 3.20. The number of rotatable bonds is 3. The van der Waals surface area contributed by atoms with Crippen molar-refractivity contribution in [3.05, 3.63) is 30.5 Å². The number of piperidine rings is 1. The monoisotopic (exact) mass is 327 g/mol. The van der Waals surface area contributed by atoms with Crippen LogP contribution in [0.4, 0.5) is 0 Å². The van der Waals surface area contributed by atoms with Crippen molar-refractivity contribution in [2.75, 3.05) is 13.1 Å². The van der Waals surface area contributed by atoms with Crippen molar-refractivity contribution in [3.8, 4) is 0 Å². The first kappa shape index (κ1) is 15.1. The predicted molar refractivity (Wildman–Crippen MR) is 87.4 cm³/mol. The number of hydrogen-bond acceptors (Lipinski definition) is 4. The molecule has 1 aliphatic heterocycles. The second-order valence-electron chi connectivity index (χ2n) is 6.99. The quantitative estimate of drug-likeness (QED) is 0.920. The molecule has 2 fully saturated rings. The summed E-state index contributed by atoms with van der Waals surface area (Å²) in [4.78, 5) is 35.0. The number of fused-ring (bicyclic) bond motifs is 1. The highest BCUT2D eigenvalue weighted by atomic mass is 16.2. The van der Waals surface area contributed by atoms with E-state index in [1.54, 1.807) is 36.1 Å². The Labute approximate surface area is 140 Å². The Bertz CT molecular complexity index is 752. The first-order valence-corrected chi connectivity index (χ1v) is 8.45. The highest BCUT2D eigenvalue weighted by molar-refractivity contribution is 5.96. The van der Waals surface area contributed by atoms with Gasteiger partial charge in [-0.3, -0.25) is 14.6 Å². The zero-order valence-corrected chi connectivity index (χ0v) is 13.7. The number of amides is 2. The maximum absolute atomic E-state index is 12.5. The summed E-state index contributed by atoms with van der Waals surface area (Å²) >= 11 is 0. The molecule has 1 aliphatic carbocycles. The van der Waals surface area contributed by atoms with Gasteiger partial charge in [0.05, 0.1) is 6.20 Å². The second-order valence-corrected chi connectivity index (χ2v) is 6.99. The molecule has 1 saturated heterocycles. The van der Waals surface area contributed by atoms with Gasteiger partial charge in [0.1, 0.15) is 11.7 Å². The molecule has 7 nitrogen and oxygen atoms in total. The summed E-state index contributed by atoms with van der Waals surface area (Å²) in [6.07, 6.45) is 11.4. The van der Waals surface area contributed by atoms with E-state index in [-0.39, 0.29) is 11.8 Å². The SMILES string of the molecule is C[C@H](NC(=O)c1cn2ccncc2n1)C(=O)N1CCC2(CC1)CC2. The summed E-state index contributed by atoms with van der Waals surface area (Å²) < 4.78 is 1.73. The van der Waals surface area contributed by atoms with Crippen LogP contribution in [-0.2, 0) is 4.79 Å². The fourth-order valence-electron chi connectivity index (χ4n) is 3.44. The lowest BCUT2D eigenvalue weighted by Gasteiger charge is -2.33. The van der Waals surface area contributed by atoms with Gasteiger partial charge in [0.15, 0.2) is 5.65 Å². The van der Waals surface area contributed by atoms with Gasteiger partial charge in [-0.05, 0) is 38.0 Å². The van der Waals surface area contributed by atoms with Crippen LogP contribution in [0.1, 0.15) is 43.1 Å². The zero-order valence-electron chi connectivity index (χ0n) is 13.7. The van der Waals surface area contributed by atoms with Crippen LogP contribution in [0.15, 0.2) is 24.8 Å². The minimum absolute atomic E-state index is 0.00993. The molecule has 0 radical (unpaired) electrons. The van der Waals surface area contributed by atoms with E-state index in [1.165, 1.54) is 12.8 Å². The summed E-state index contributed by atoms with van der Waals surface area (Å²) in [5.74, 6) is -0.348. The van der Waals surface area contributed by atoms with Gasteiger partial charge >= 0.3 is 0 Å². The third-order valence-electron chi connectivity index (χ3n) is 5.31. The minimum Gasteiger partial charge on any atom is -0.341 e. The molecule has 2 aliphatic rings. The van der Waals surface area contributed by atoms with E-state index in [4.69, 9.17) is 0 Å². The van der Waals surface area contributed by atoms with Crippen LogP contribution in [0, 0.1) is 5.41 Å². The topological polar surface area (TPSA) is 79.6 Å². The van der Waals surface area contributed by atoms with Gasteiger partial charge in [-0.15, -0.1) is 0 Å². The maximum atomic E-state index is 12.5. The number of aromatic nitrogens is 3. The van der Waals surface area contributed by atoms with Crippen molar-refractivity contribution in [3.63, 3.8) is 0 Å². The minimum atomic E-state index is -0.548. The van der Waals surface area contributed by atoms with Gasteiger partial charge in [0.25, 0.3) is 5.91 Å². The normalized spacial score (nSPS) is 20.1. The number of carbonyl (C=O) groups excluding carboxylic acids is 2. The van der Waals surface area contributed by atoms with Crippen molar-refractivity contribution in [1.29, 1.82) is 0 Å². The number of imidazole rings is 1. The summed E-state index contributed by atoms with van der Waals surface area (Å²) in [6, 6.07) is -0.548. The van der Waals surface area contributed by atoms with E-state index in [0.29, 0.717) is 16.8 Å². The van der Waals surface area contributed by atoms with E-state index in [1.807, 2.05) is 4.90 Å². The van der Waals surface area contributed by atoms with E-state index < -0.39 is 6.04 Å². The molecule has 4 rings (SSSR count). The molecule has 126 valence electrons. The summed E-state index contributed by atoms with van der Waals surface area (Å²) in [6.45, 7) is 3.34. The molecule has 7 heteroatoms. The fraction of sp³-hybridized carbons (Fsp3) is 0.529. The highest BCUT2D eigenvalue weighted by Crippen LogP contribution is 2.53. The Kier molecular flexibility index (Phi) is 3.51. The van der Waals surface area contributed by atoms with Gasteiger partial charge in [-0.2, -0.15) is 0 Å². The molecule has 24 heavy (non-hydrogen) atoms. The lowest BCUT2D eigenvalue weighted by atomic mass is 9.93. The van der Waals surface area contributed by atoms with Crippen molar-refractivity contribution in [2.45, 2.75) is 38.6 Å². The average molecular weight is 327 g/mol. The number of carbonyl (C=O) groups is 2. The van der Waals surface area contributed by atoms with E-state index >= 15 is 0 Å². The summed E-state index contributed by atoms with van der Waals surface area (Å²) in [5.41, 5.74) is 1.43. The largest absolute Gasteiger partial charge is 0.341 e. The zero-order chi connectivity index (χ0) is 16.7. The van der Waals surface area contributed by atoms with Crippen molar-refractivity contribution in [1.82, 2.24) is 24.6 Å². The van der Waals surface area contributed by atoms with Crippen molar-refractivity contribution in [2.24, 2.45) is 5.41 Å². The summed E-state index contributed by atoms with van der Waals surface area (Å²) in [7, 11) is 0. The molecule has 1 saturated carbocycles. The van der Waals surface area contributed by atoms with Crippen LogP contribution >= 0.6 is 0 Å². The van der Waals surface area contributed by atoms with Gasteiger partial charge in [0, 0.05) is 31.7 Å². The van der Waals surface area contributed by atoms with Gasteiger partial charge in [-0.25, -0.2) is 4.98 Å². The Balaban J connectivity index is 1.38. The number of likely N-dealkylation sites (tertiary alicyclic amines) is 1. The summed E-state index contributed by atoms with van der Waals surface area (Å²) in [5, 5.41) is 2.76. The first-order valence-electron chi connectivity index (χ1n) is 8.45. The Morgan fingerprint density at radius 1 is 1.25 bits per heavy atom. The molecule has 0 aromatic carbocycles. The van der Waals surface area contributed by atoms with Crippen LogP contribution in [-0.4, -0.2) is 50.2 Å². The fourth-order valence-corrected chi connectivity index (χ4v) is 3.44. The van der Waals surface area contributed by atoms with Crippen LogP contribution < -0.4 is 5.32 Å². The molecular formula is C17H21N5O2. The van der Waals surface area contributed by atoms with Gasteiger partial charge < -0.3 is 14.6 Å². The molecule has 3 heterocycles. The standard InChI is InChI=1S/C17H21N5O2/c1-12(16(24)21-7-4-17(2-3-17)5-8-21)19-15(23)13-11-22-9-6-18-10-14(22)20-13/h6,9-12H,2-5,7-8H2,1H3,(H,19,23)/t12-/m0/s1. The molecular weight excluding hydrogens is 306 g/mol.